The number of benzene rings is 3. The summed E-state index contributed by atoms with van der Waals surface area (Å²) in [4.78, 5) is 12.3. The minimum atomic E-state index is -3.43. The SMILES string of the molecule is Cc1cc(C)cc(N(CCCC(=O)NCc2cccc3ccccc23)S(C)(=O)=O)c1. The Morgan fingerprint density at radius 2 is 1.63 bits per heavy atom. The molecule has 0 fully saturated rings. The third-order valence-corrected chi connectivity index (χ3v) is 6.21. The van der Waals surface area contributed by atoms with E-state index in [4.69, 9.17) is 0 Å². The predicted octanol–water partition coefficient (Wildman–Crippen LogP) is 4.32. The number of carbonyl (C=O) groups is 1. The number of rotatable bonds is 8. The molecule has 1 N–H and O–H groups in total. The molecule has 1 amide bonds. The molecule has 3 rings (SSSR count). The van der Waals surface area contributed by atoms with Gasteiger partial charge in [-0.25, -0.2) is 8.42 Å². The Morgan fingerprint density at radius 1 is 0.967 bits per heavy atom. The number of hydrogen-bond acceptors (Lipinski definition) is 3. The van der Waals surface area contributed by atoms with Gasteiger partial charge in [0.2, 0.25) is 15.9 Å². The van der Waals surface area contributed by atoms with E-state index in [0.717, 1.165) is 27.5 Å². The molecule has 0 bridgehead atoms. The molecule has 6 heteroatoms. The Morgan fingerprint density at radius 3 is 2.33 bits per heavy atom. The van der Waals surface area contributed by atoms with Crippen molar-refractivity contribution in [1.29, 1.82) is 0 Å². The molecule has 0 spiro atoms. The van der Waals surface area contributed by atoms with Gasteiger partial charge in [-0.2, -0.15) is 0 Å². The molecule has 0 aliphatic heterocycles. The maximum Gasteiger partial charge on any atom is 0.232 e. The zero-order valence-corrected chi connectivity index (χ0v) is 18.5. The molecule has 3 aromatic rings. The maximum absolute atomic E-state index is 12.3. The second-order valence-electron chi connectivity index (χ2n) is 7.70. The van der Waals surface area contributed by atoms with Gasteiger partial charge in [0.05, 0.1) is 11.9 Å². The molecule has 3 aromatic carbocycles. The van der Waals surface area contributed by atoms with Crippen molar-refractivity contribution in [2.75, 3.05) is 17.1 Å². The average Bonchev–Trinajstić information content (AvgIpc) is 2.68. The van der Waals surface area contributed by atoms with Gasteiger partial charge in [-0.15, -0.1) is 0 Å². The molecular formula is C24H28N2O3S. The summed E-state index contributed by atoms with van der Waals surface area (Å²) in [6.45, 7) is 4.60. The Hall–Kier alpha value is -2.86. The predicted molar refractivity (Wildman–Crippen MR) is 123 cm³/mol. The molecule has 0 saturated heterocycles. The molecule has 30 heavy (non-hydrogen) atoms. The Bertz CT molecular complexity index is 1130. The zero-order chi connectivity index (χ0) is 21.7. The first-order chi connectivity index (χ1) is 14.2. The lowest BCUT2D eigenvalue weighted by molar-refractivity contribution is -0.121. The topological polar surface area (TPSA) is 66.5 Å². The van der Waals surface area contributed by atoms with Gasteiger partial charge in [0.1, 0.15) is 0 Å². The van der Waals surface area contributed by atoms with Gasteiger partial charge in [0.25, 0.3) is 0 Å². The number of nitrogens with zero attached hydrogens (tertiary/aromatic N) is 1. The summed E-state index contributed by atoms with van der Waals surface area (Å²) in [5.41, 5.74) is 3.72. The van der Waals surface area contributed by atoms with Gasteiger partial charge in [-0.3, -0.25) is 9.10 Å². The van der Waals surface area contributed by atoms with Gasteiger partial charge < -0.3 is 5.32 Å². The molecule has 0 aliphatic carbocycles. The molecule has 0 saturated carbocycles. The van der Waals surface area contributed by atoms with Crippen molar-refractivity contribution in [3.8, 4) is 0 Å². The number of aryl methyl sites for hydroxylation is 2. The van der Waals surface area contributed by atoms with Crippen LogP contribution in [-0.2, 0) is 21.4 Å². The van der Waals surface area contributed by atoms with E-state index in [-0.39, 0.29) is 18.9 Å². The average molecular weight is 425 g/mol. The van der Waals surface area contributed by atoms with Gasteiger partial charge in [-0.1, -0.05) is 48.5 Å². The number of anilines is 1. The van der Waals surface area contributed by atoms with E-state index in [2.05, 4.69) is 5.32 Å². The third-order valence-electron chi connectivity index (χ3n) is 5.02. The third kappa shape index (κ3) is 5.60. The first kappa shape index (κ1) is 21.8. The number of amides is 1. The Kier molecular flexibility index (Phi) is 6.77. The smallest absolute Gasteiger partial charge is 0.232 e. The van der Waals surface area contributed by atoms with Crippen molar-refractivity contribution in [2.24, 2.45) is 0 Å². The number of nitrogens with one attached hydrogen (secondary N) is 1. The van der Waals surface area contributed by atoms with E-state index in [1.807, 2.05) is 74.5 Å². The maximum atomic E-state index is 12.3. The second kappa shape index (κ2) is 9.30. The number of carbonyl (C=O) groups excluding carboxylic acids is 1. The first-order valence-electron chi connectivity index (χ1n) is 10.0. The molecule has 158 valence electrons. The van der Waals surface area contributed by atoms with Crippen LogP contribution in [0.25, 0.3) is 10.8 Å². The lowest BCUT2D eigenvalue weighted by atomic mass is 10.0. The molecule has 0 atom stereocenters. The van der Waals surface area contributed by atoms with Crippen molar-refractivity contribution in [1.82, 2.24) is 5.32 Å². The quantitative estimate of drug-likeness (QED) is 0.586. The van der Waals surface area contributed by atoms with Gasteiger partial charge in [0.15, 0.2) is 0 Å². The van der Waals surface area contributed by atoms with Gasteiger partial charge in [0, 0.05) is 19.5 Å². The largest absolute Gasteiger partial charge is 0.352 e. The van der Waals surface area contributed by atoms with Crippen molar-refractivity contribution >= 4 is 32.4 Å². The Balaban J connectivity index is 1.59. The fraction of sp³-hybridized carbons (Fsp3) is 0.292. The van der Waals surface area contributed by atoms with Crippen LogP contribution >= 0.6 is 0 Å². The number of hydrogen-bond donors (Lipinski definition) is 1. The highest BCUT2D eigenvalue weighted by atomic mass is 32.2. The summed E-state index contributed by atoms with van der Waals surface area (Å²) in [5, 5.41) is 5.22. The van der Waals surface area contributed by atoms with Crippen LogP contribution in [0, 0.1) is 13.8 Å². The molecule has 0 unspecified atom stereocenters. The van der Waals surface area contributed by atoms with Crippen molar-refractivity contribution in [2.45, 2.75) is 33.2 Å². The van der Waals surface area contributed by atoms with Gasteiger partial charge >= 0.3 is 0 Å². The summed E-state index contributed by atoms with van der Waals surface area (Å²) >= 11 is 0. The van der Waals surface area contributed by atoms with Gasteiger partial charge in [-0.05, 0) is 59.9 Å². The van der Waals surface area contributed by atoms with Crippen LogP contribution in [0.4, 0.5) is 5.69 Å². The minimum absolute atomic E-state index is 0.0863. The van der Waals surface area contributed by atoms with E-state index in [0.29, 0.717) is 18.7 Å². The normalized spacial score (nSPS) is 11.4. The standard InChI is InChI=1S/C24H28N2O3S/c1-18-14-19(2)16-22(15-18)26(30(3,28)29)13-7-12-24(27)25-17-21-10-6-9-20-8-4-5-11-23(20)21/h4-6,8-11,14-16H,7,12-13,17H2,1-3H3,(H,25,27). The van der Waals surface area contributed by atoms with Crippen LogP contribution in [-0.4, -0.2) is 27.1 Å². The molecule has 0 aromatic heterocycles. The van der Waals surface area contributed by atoms with E-state index < -0.39 is 10.0 Å². The summed E-state index contributed by atoms with van der Waals surface area (Å²) in [7, 11) is -3.43. The lowest BCUT2D eigenvalue weighted by Crippen LogP contribution is -2.32. The first-order valence-corrected chi connectivity index (χ1v) is 11.9. The van der Waals surface area contributed by atoms with Crippen LogP contribution in [0.15, 0.2) is 60.7 Å². The van der Waals surface area contributed by atoms with Crippen LogP contribution in [0.2, 0.25) is 0 Å². The highest BCUT2D eigenvalue weighted by Gasteiger charge is 2.18. The molecule has 5 nitrogen and oxygen atoms in total. The van der Waals surface area contributed by atoms with E-state index >= 15 is 0 Å². The molecule has 0 radical (unpaired) electrons. The van der Waals surface area contributed by atoms with Crippen molar-refractivity contribution < 1.29 is 13.2 Å². The van der Waals surface area contributed by atoms with Crippen LogP contribution in [0.3, 0.4) is 0 Å². The Labute approximate surface area is 178 Å². The highest BCUT2D eigenvalue weighted by molar-refractivity contribution is 7.92. The second-order valence-corrected chi connectivity index (χ2v) is 9.61. The van der Waals surface area contributed by atoms with E-state index in [1.165, 1.54) is 10.6 Å². The number of sulfonamides is 1. The summed E-state index contributed by atoms with van der Waals surface area (Å²) < 4.78 is 26.0. The fourth-order valence-corrected chi connectivity index (χ4v) is 4.64. The van der Waals surface area contributed by atoms with Crippen LogP contribution in [0.1, 0.15) is 29.5 Å². The van der Waals surface area contributed by atoms with Crippen molar-refractivity contribution in [3.63, 3.8) is 0 Å². The lowest BCUT2D eigenvalue weighted by Gasteiger charge is -2.23. The molecule has 0 heterocycles. The molecular weight excluding hydrogens is 396 g/mol. The zero-order valence-electron chi connectivity index (χ0n) is 17.7. The summed E-state index contributed by atoms with van der Waals surface area (Å²) in [6, 6.07) is 19.8. The van der Waals surface area contributed by atoms with E-state index in [9.17, 15) is 13.2 Å². The van der Waals surface area contributed by atoms with Crippen LogP contribution < -0.4 is 9.62 Å². The monoisotopic (exact) mass is 424 g/mol. The van der Waals surface area contributed by atoms with E-state index in [1.54, 1.807) is 0 Å². The molecule has 0 aliphatic rings. The fourth-order valence-electron chi connectivity index (χ4n) is 3.69. The van der Waals surface area contributed by atoms with Crippen molar-refractivity contribution in [3.05, 3.63) is 77.4 Å². The summed E-state index contributed by atoms with van der Waals surface area (Å²) in [5.74, 6) is -0.0863. The highest BCUT2D eigenvalue weighted by Crippen LogP contribution is 2.22. The summed E-state index contributed by atoms with van der Waals surface area (Å²) in [6.07, 6.45) is 1.91. The van der Waals surface area contributed by atoms with Crippen LogP contribution in [0.5, 0.6) is 0 Å². The minimum Gasteiger partial charge on any atom is -0.352 e. The number of fused-ring (bicyclic) bond motifs is 1.